The molecule has 0 fully saturated rings. The lowest BCUT2D eigenvalue weighted by molar-refractivity contribution is 0.248. The van der Waals surface area contributed by atoms with Crippen LogP contribution >= 0.6 is 0 Å². The van der Waals surface area contributed by atoms with Gasteiger partial charge in [-0.2, -0.15) is 0 Å². The molecular formula is C16H20N2O2. The Morgan fingerprint density at radius 2 is 2.05 bits per heavy atom. The SMILES string of the molecule is C=C[C@@H](c1onc(OCc2ccccc2)c1C)N(C)C. The van der Waals surface area contributed by atoms with Crippen LogP contribution in [0.15, 0.2) is 47.5 Å². The number of hydrogen-bond acceptors (Lipinski definition) is 4. The van der Waals surface area contributed by atoms with Crippen molar-refractivity contribution >= 4 is 0 Å². The van der Waals surface area contributed by atoms with Crippen molar-refractivity contribution in [3.63, 3.8) is 0 Å². The van der Waals surface area contributed by atoms with Gasteiger partial charge in [0.1, 0.15) is 6.61 Å². The van der Waals surface area contributed by atoms with Gasteiger partial charge in [0.05, 0.1) is 11.6 Å². The summed E-state index contributed by atoms with van der Waals surface area (Å²) in [4.78, 5) is 2.02. The normalized spacial score (nSPS) is 12.4. The summed E-state index contributed by atoms with van der Waals surface area (Å²) in [7, 11) is 3.94. The second-order valence-corrected chi connectivity index (χ2v) is 4.90. The monoisotopic (exact) mass is 272 g/mol. The lowest BCUT2D eigenvalue weighted by atomic mass is 10.1. The zero-order valence-corrected chi connectivity index (χ0v) is 12.2. The molecule has 20 heavy (non-hydrogen) atoms. The molecule has 1 aromatic carbocycles. The van der Waals surface area contributed by atoms with Gasteiger partial charge < -0.3 is 9.26 Å². The number of rotatable bonds is 6. The van der Waals surface area contributed by atoms with E-state index in [1.165, 1.54) is 0 Å². The zero-order chi connectivity index (χ0) is 14.5. The van der Waals surface area contributed by atoms with Crippen molar-refractivity contribution in [3.05, 3.63) is 59.9 Å². The first kappa shape index (κ1) is 14.3. The van der Waals surface area contributed by atoms with Crippen molar-refractivity contribution in [2.45, 2.75) is 19.6 Å². The molecule has 2 rings (SSSR count). The van der Waals surface area contributed by atoms with Gasteiger partial charge in [0.2, 0.25) is 0 Å². The Balaban J connectivity index is 2.11. The Bertz CT molecular complexity index is 561. The minimum Gasteiger partial charge on any atom is -0.470 e. The summed E-state index contributed by atoms with van der Waals surface area (Å²) in [6.07, 6.45) is 1.83. The number of ether oxygens (including phenoxy) is 1. The van der Waals surface area contributed by atoms with Crippen LogP contribution in [0.1, 0.15) is 22.9 Å². The molecule has 0 aliphatic rings. The van der Waals surface area contributed by atoms with Gasteiger partial charge in [-0.05, 0) is 31.7 Å². The fourth-order valence-corrected chi connectivity index (χ4v) is 2.02. The minimum absolute atomic E-state index is 0.00317. The van der Waals surface area contributed by atoms with Crippen molar-refractivity contribution in [2.75, 3.05) is 14.1 Å². The first-order valence-electron chi connectivity index (χ1n) is 6.55. The van der Waals surface area contributed by atoms with Gasteiger partial charge in [-0.3, -0.25) is 4.90 Å². The largest absolute Gasteiger partial charge is 0.470 e. The van der Waals surface area contributed by atoms with Gasteiger partial charge in [-0.25, -0.2) is 0 Å². The van der Waals surface area contributed by atoms with Crippen LogP contribution in [0.3, 0.4) is 0 Å². The molecule has 0 aliphatic carbocycles. The lowest BCUT2D eigenvalue weighted by Crippen LogP contribution is -2.17. The highest BCUT2D eigenvalue weighted by Crippen LogP contribution is 2.29. The van der Waals surface area contributed by atoms with E-state index in [4.69, 9.17) is 9.26 Å². The Labute approximate surface area is 119 Å². The molecule has 0 spiro atoms. The van der Waals surface area contributed by atoms with Crippen LogP contribution in [0.4, 0.5) is 0 Å². The third-order valence-corrected chi connectivity index (χ3v) is 3.18. The van der Waals surface area contributed by atoms with E-state index in [0.717, 1.165) is 16.9 Å². The van der Waals surface area contributed by atoms with Crippen molar-refractivity contribution in [2.24, 2.45) is 0 Å². The zero-order valence-electron chi connectivity index (χ0n) is 12.2. The standard InChI is InChI=1S/C16H20N2O2/c1-5-14(18(3)4)15-12(2)16(17-20-15)19-11-13-9-7-6-8-10-13/h5-10,14H,1,11H2,2-4H3/t14-/m0/s1. The summed E-state index contributed by atoms with van der Waals surface area (Å²) in [6, 6.07) is 9.98. The van der Waals surface area contributed by atoms with Crippen LogP contribution in [0.25, 0.3) is 0 Å². The maximum atomic E-state index is 5.72. The Morgan fingerprint density at radius 1 is 1.35 bits per heavy atom. The molecule has 0 amide bonds. The number of hydrogen-bond donors (Lipinski definition) is 0. The Kier molecular flexibility index (Phi) is 4.58. The van der Waals surface area contributed by atoms with E-state index in [9.17, 15) is 0 Å². The summed E-state index contributed by atoms with van der Waals surface area (Å²) >= 11 is 0. The minimum atomic E-state index is -0.00317. The fraction of sp³-hybridized carbons (Fsp3) is 0.312. The molecule has 1 heterocycles. The van der Waals surface area contributed by atoms with E-state index < -0.39 is 0 Å². The summed E-state index contributed by atoms with van der Waals surface area (Å²) in [6.45, 7) is 6.26. The number of nitrogens with zero attached hydrogens (tertiary/aromatic N) is 2. The molecule has 2 aromatic rings. The molecule has 4 heteroatoms. The average molecular weight is 272 g/mol. The molecule has 0 radical (unpaired) electrons. The number of benzene rings is 1. The predicted octanol–water partition coefficient (Wildman–Crippen LogP) is 3.35. The van der Waals surface area contributed by atoms with Gasteiger partial charge in [-0.1, -0.05) is 36.4 Å². The summed E-state index contributed by atoms with van der Waals surface area (Å²) in [5, 5.41) is 4.01. The molecule has 1 atom stereocenters. The molecule has 106 valence electrons. The second kappa shape index (κ2) is 6.39. The van der Waals surface area contributed by atoms with E-state index in [2.05, 4.69) is 11.7 Å². The highest BCUT2D eigenvalue weighted by atomic mass is 16.5. The van der Waals surface area contributed by atoms with Gasteiger partial charge in [0.15, 0.2) is 5.76 Å². The maximum Gasteiger partial charge on any atom is 0.257 e. The molecule has 0 unspecified atom stereocenters. The van der Waals surface area contributed by atoms with Crippen molar-refractivity contribution in [1.82, 2.24) is 10.1 Å². The highest BCUT2D eigenvalue weighted by Gasteiger charge is 2.21. The van der Waals surface area contributed by atoms with E-state index >= 15 is 0 Å². The predicted molar refractivity (Wildman–Crippen MR) is 78.6 cm³/mol. The van der Waals surface area contributed by atoms with Gasteiger partial charge in [0, 0.05) is 0 Å². The molecule has 1 aromatic heterocycles. The van der Waals surface area contributed by atoms with Crippen LogP contribution in [-0.2, 0) is 6.61 Å². The third kappa shape index (κ3) is 3.08. The van der Waals surface area contributed by atoms with Gasteiger partial charge in [0.25, 0.3) is 5.88 Å². The molecule has 0 bridgehead atoms. The summed E-state index contributed by atoms with van der Waals surface area (Å²) in [5.74, 6) is 1.31. The van der Waals surface area contributed by atoms with E-state index in [0.29, 0.717) is 12.5 Å². The van der Waals surface area contributed by atoms with Crippen molar-refractivity contribution in [3.8, 4) is 5.88 Å². The Morgan fingerprint density at radius 3 is 2.65 bits per heavy atom. The second-order valence-electron chi connectivity index (χ2n) is 4.90. The van der Waals surface area contributed by atoms with E-state index in [1.54, 1.807) is 0 Å². The van der Waals surface area contributed by atoms with E-state index in [-0.39, 0.29) is 6.04 Å². The van der Waals surface area contributed by atoms with Crippen molar-refractivity contribution < 1.29 is 9.26 Å². The quantitative estimate of drug-likeness (QED) is 0.756. The molecule has 0 saturated carbocycles. The van der Waals surface area contributed by atoms with Crippen LogP contribution in [0.5, 0.6) is 5.88 Å². The summed E-state index contributed by atoms with van der Waals surface area (Å²) < 4.78 is 11.1. The number of aromatic nitrogens is 1. The molecule has 0 saturated heterocycles. The van der Waals surface area contributed by atoms with Crippen LogP contribution in [-0.4, -0.2) is 24.2 Å². The molecule has 0 aliphatic heterocycles. The molecular weight excluding hydrogens is 252 g/mol. The van der Waals surface area contributed by atoms with E-state index in [1.807, 2.05) is 62.3 Å². The van der Waals surface area contributed by atoms with Crippen LogP contribution in [0, 0.1) is 6.92 Å². The Hall–Kier alpha value is -2.07. The fourth-order valence-electron chi connectivity index (χ4n) is 2.02. The molecule has 0 N–H and O–H groups in total. The topological polar surface area (TPSA) is 38.5 Å². The molecule has 4 nitrogen and oxygen atoms in total. The first-order valence-corrected chi connectivity index (χ1v) is 6.55. The number of likely N-dealkylation sites (N-methyl/N-ethyl adjacent to an activating group) is 1. The van der Waals surface area contributed by atoms with Gasteiger partial charge in [-0.15, -0.1) is 6.58 Å². The van der Waals surface area contributed by atoms with Crippen LogP contribution in [0.2, 0.25) is 0 Å². The summed E-state index contributed by atoms with van der Waals surface area (Å²) in [5.41, 5.74) is 2.02. The first-order chi connectivity index (χ1) is 9.63. The average Bonchev–Trinajstić information content (AvgIpc) is 2.80. The maximum absolute atomic E-state index is 5.72. The van der Waals surface area contributed by atoms with Gasteiger partial charge >= 0.3 is 0 Å². The lowest BCUT2D eigenvalue weighted by Gasteiger charge is -2.18. The van der Waals surface area contributed by atoms with Crippen molar-refractivity contribution in [1.29, 1.82) is 0 Å². The van der Waals surface area contributed by atoms with Crippen LogP contribution < -0.4 is 4.74 Å². The third-order valence-electron chi connectivity index (χ3n) is 3.18. The highest BCUT2D eigenvalue weighted by molar-refractivity contribution is 5.30. The smallest absolute Gasteiger partial charge is 0.257 e.